The number of sulfonamides is 1. The second-order valence-corrected chi connectivity index (χ2v) is 10.6. The molecule has 2 aromatic carbocycles. The number of piperazine rings is 1. The summed E-state index contributed by atoms with van der Waals surface area (Å²) in [7, 11) is -3.58. The Bertz CT molecular complexity index is 1120. The molecule has 0 aliphatic carbocycles. The number of carbonyl (C=O) groups excluding carboxylic acids is 1. The monoisotopic (exact) mass is 462 g/mol. The number of benzene rings is 2. The van der Waals surface area contributed by atoms with Gasteiger partial charge in [0, 0.05) is 31.7 Å². The van der Waals surface area contributed by atoms with Crippen LogP contribution in [-0.4, -0.2) is 49.7 Å². The van der Waals surface area contributed by atoms with Crippen LogP contribution in [0.25, 0.3) is 0 Å². The molecule has 1 fully saturated rings. The molecule has 3 aromatic rings. The fourth-order valence-corrected chi connectivity index (χ4v) is 6.23. The van der Waals surface area contributed by atoms with Crippen molar-refractivity contribution in [3.8, 4) is 11.5 Å². The van der Waals surface area contributed by atoms with Gasteiger partial charge in [-0.05, 0) is 48.5 Å². The van der Waals surface area contributed by atoms with Crippen LogP contribution in [0.3, 0.4) is 0 Å². The van der Waals surface area contributed by atoms with Gasteiger partial charge in [-0.15, -0.1) is 11.3 Å². The molecule has 9 heteroatoms. The number of nitrogens with zero attached hydrogens (tertiary/aromatic N) is 2. The normalized spacial score (nSPS) is 15.2. The highest BCUT2D eigenvalue weighted by Gasteiger charge is 2.31. The van der Waals surface area contributed by atoms with Crippen LogP contribution in [0, 0.1) is 0 Å². The van der Waals surface area contributed by atoms with E-state index in [1.165, 1.54) is 10.4 Å². The van der Waals surface area contributed by atoms with E-state index in [0.717, 1.165) is 17.1 Å². The number of hydrogen-bond acceptors (Lipinski definition) is 5. The number of halogens is 1. The third-order valence-corrected chi connectivity index (χ3v) is 8.35. The summed E-state index contributed by atoms with van der Waals surface area (Å²) >= 11 is 6.91. The minimum atomic E-state index is -3.58. The van der Waals surface area contributed by atoms with Crippen molar-refractivity contribution in [3.63, 3.8) is 0 Å². The third kappa shape index (κ3) is 4.52. The first-order valence-electron chi connectivity index (χ1n) is 9.31. The molecule has 30 heavy (non-hydrogen) atoms. The van der Waals surface area contributed by atoms with Crippen LogP contribution in [0.1, 0.15) is 10.4 Å². The number of carbonyl (C=O) groups is 1. The van der Waals surface area contributed by atoms with Crippen molar-refractivity contribution in [2.75, 3.05) is 26.2 Å². The van der Waals surface area contributed by atoms with E-state index in [0.29, 0.717) is 28.7 Å². The molecule has 0 N–H and O–H groups in total. The molecular weight excluding hydrogens is 444 g/mol. The second-order valence-electron chi connectivity index (χ2n) is 6.69. The van der Waals surface area contributed by atoms with Gasteiger partial charge in [-0.25, -0.2) is 8.42 Å². The van der Waals surface area contributed by atoms with Gasteiger partial charge in [0.25, 0.3) is 15.9 Å². The molecule has 1 amide bonds. The highest BCUT2D eigenvalue weighted by Crippen LogP contribution is 2.29. The van der Waals surface area contributed by atoms with Gasteiger partial charge in [0.05, 0.1) is 4.34 Å². The molecule has 1 aliphatic rings. The Labute approximate surface area is 184 Å². The van der Waals surface area contributed by atoms with Crippen molar-refractivity contribution >= 4 is 38.9 Å². The first kappa shape index (κ1) is 20.9. The van der Waals surface area contributed by atoms with Gasteiger partial charge < -0.3 is 9.64 Å². The summed E-state index contributed by atoms with van der Waals surface area (Å²) in [6, 6.07) is 19.4. The summed E-state index contributed by atoms with van der Waals surface area (Å²) < 4.78 is 33.2. The molecule has 0 saturated carbocycles. The summed E-state index contributed by atoms with van der Waals surface area (Å²) in [5.74, 6) is 1.24. The SMILES string of the molecule is O=C(c1ccc(Oc2ccccc2)cc1)N1CCN(S(=O)(=O)c2ccc(Cl)s2)CC1. The standard InChI is InChI=1S/C21H19ClN2O4S2/c22-19-10-11-20(29-19)30(26,27)24-14-12-23(13-15-24)21(25)16-6-8-18(9-7-16)28-17-4-2-1-3-5-17/h1-11H,12-15H2. The van der Waals surface area contributed by atoms with Crippen LogP contribution in [0.4, 0.5) is 0 Å². The molecular formula is C21H19ClN2O4S2. The smallest absolute Gasteiger partial charge is 0.253 e. The zero-order valence-electron chi connectivity index (χ0n) is 15.9. The molecule has 2 heterocycles. The summed E-state index contributed by atoms with van der Waals surface area (Å²) in [6.45, 7) is 1.16. The minimum absolute atomic E-state index is 0.127. The van der Waals surface area contributed by atoms with Gasteiger partial charge in [0.15, 0.2) is 0 Å². The van der Waals surface area contributed by atoms with Crippen molar-refractivity contribution in [2.24, 2.45) is 0 Å². The summed E-state index contributed by atoms with van der Waals surface area (Å²) in [4.78, 5) is 14.5. The van der Waals surface area contributed by atoms with Crippen LogP contribution < -0.4 is 4.74 Å². The van der Waals surface area contributed by atoms with E-state index < -0.39 is 10.0 Å². The van der Waals surface area contributed by atoms with Gasteiger partial charge in [-0.1, -0.05) is 29.8 Å². The Kier molecular flexibility index (Phi) is 6.10. The van der Waals surface area contributed by atoms with Crippen LogP contribution in [0.5, 0.6) is 11.5 Å². The average molecular weight is 463 g/mol. The number of ether oxygens (including phenoxy) is 1. The van der Waals surface area contributed by atoms with Crippen molar-refractivity contribution in [1.82, 2.24) is 9.21 Å². The predicted octanol–water partition coefficient (Wildman–Crippen LogP) is 4.34. The topological polar surface area (TPSA) is 66.9 Å². The van der Waals surface area contributed by atoms with E-state index in [2.05, 4.69) is 0 Å². The Morgan fingerprint density at radius 1 is 0.867 bits per heavy atom. The first-order chi connectivity index (χ1) is 14.4. The zero-order chi connectivity index (χ0) is 21.1. The van der Waals surface area contributed by atoms with Gasteiger partial charge in [-0.3, -0.25) is 4.79 Å². The van der Waals surface area contributed by atoms with E-state index in [-0.39, 0.29) is 23.2 Å². The summed E-state index contributed by atoms with van der Waals surface area (Å²) in [5, 5.41) is 0. The number of amides is 1. The fraction of sp³-hybridized carbons (Fsp3) is 0.190. The molecule has 0 atom stereocenters. The molecule has 0 unspecified atom stereocenters. The highest BCUT2D eigenvalue weighted by molar-refractivity contribution is 7.91. The van der Waals surface area contributed by atoms with Crippen LogP contribution in [-0.2, 0) is 10.0 Å². The Morgan fingerprint density at radius 3 is 2.10 bits per heavy atom. The molecule has 0 spiro atoms. The van der Waals surface area contributed by atoms with E-state index in [9.17, 15) is 13.2 Å². The van der Waals surface area contributed by atoms with E-state index in [4.69, 9.17) is 16.3 Å². The van der Waals surface area contributed by atoms with Crippen molar-refractivity contribution in [3.05, 3.63) is 76.6 Å². The molecule has 0 bridgehead atoms. The van der Waals surface area contributed by atoms with Gasteiger partial charge in [0.2, 0.25) is 0 Å². The lowest BCUT2D eigenvalue weighted by molar-refractivity contribution is 0.0698. The van der Waals surface area contributed by atoms with Crippen LogP contribution in [0.15, 0.2) is 70.9 Å². The maximum absolute atomic E-state index is 12.8. The molecule has 0 radical (unpaired) electrons. The van der Waals surface area contributed by atoms with Crippen LogP contribution >= 0.6 is 22.9 Å². The van der Waals surface area contributed by atoms with Crippen molar-refractivity contribution in [2.45, 2.75) is 4.21 Å². The predicted molar refractivity (Wildman–Crippen MR) is 117 cm³/mol. The summed E-state index contributed by atoms with van der Waals surface area (Å²) in [5.41, 5.74) is 0.539. The molecule has 4 rings (SSSR count). The minimum Gasteiger partial charge on any atom is -0.457 e. The first-order valence-corrected chi connectivity index (χ1v) is 11.9. The number of thiophene rings is 1. The third-order valence-electron chi connectivity index (χ3n) is 4.75. The average Bonchev–Trinajstić information content (AvgIpc) is 3.22. The number of hydrogen-bond donors (Lipinski definition) is 0. The van der Waals surface area contributed by atoms with E-state index >= 15 is 0 Å². The number of rotatable bonds is 5. The molecule has 1 aliphatic heterocycles. The van der Waals surface area contributed by atoms with Crippen molar-refractivity contribution in [1.29, 1.82) is 0 Å². The number of para-hydroxylation sites is 1. The molecule has 156 valence electrons. The van der Waals surface area contributed by atoms with Gasteiger partial charge in [0.1, 0.15) is 15.7 Å². The quantitative estimate of drug-likeness (QED) is 0.565. The lowest BCUT2D eigenvalue weighted by Gasteiger charge is -2.33. The Morgan fingerprint density at radius 2 is 1.50 bits per heavy atom. The highest BCUT2D eigenvalue weighted by atomic mass is 35.5. The lowest BCUT2D eigenvalue weighted by Crippen LogP contribution is -2.50. The summed E-state index contributed by atoms with van der Waals surface area (Å²) in [6.07, 6.45) is 0. The molecule has 6 nitrogen and oxygen atoms in total. The van der Waals surface area contributed by atoms with Crippen molar-refractivity contribution < 1.29 is 17.9 Å². The van der Waals surface area contributed by atoms with E-state index in [1.807, 2.05) is 30.3 Å². The maximum atomic E-state index is 12.8. The zero-order valence-corrected chi connectivity index (χ0v) is 18.3. The second kappa shape index (κ2) is 8.77. The van der Waals surface area contributed by atoms with Crippen LogP contribution in [0.2, 0.25) is 4.34 Å². The molecule has 1 aromatic heterocycles. The largest absolute Gasteiger partial charge is 0.457 e. The lowest BCUT2D eigenvalue weighted by atomic mass is 10.2. The Hall–Kier alpha value is -2.39. The Balaban J connectivity index is 1.37. The fourth-order valence-electron chi connectivity index (χ4n) is 3.17. The molecule has 1 saturated heterocycles. The van der Waals surface area contributed by atoms with E-state index in [1.54, 1.807) is 35.2 Å². The van der Waals surface area contributed by atoms with Gasteiger partial charge in [-0.2, -0.15) is 4.31 Å². The van der Waals surface area contributed by atoms with Gasteiger partial charge >= 0.3 is 0 Å². The maximum Gasteiger partial charge on any atom is 0.253 e.